The Kier molecular flexibility index (Phi) is 2.28. The van der Waals surface area contributed by atoms with E-state index in [-0.39, 0.29) is 0 Å². The molecule has 1 aromatic rings. The van der Waals surface area contributed by atoms with Gasteiger partial charge in [-0.3, -0.25) is 0 Å². The van der Waals surface area contributed by atoms with Gasteiger partial charge in [0.05, 0.1) is 0 Å². The van der Waals surface area contributed by atoms with Crippen LogP contribution in [0.1, 0.15) is 19.3 Å². The third kappa shape index (κ3) is 1.83. The first kappa shape index (κ1) is 8.84. The third-order valence-electron chi connectivity index (χ3n) is 3.57. The maximum absolute atomic E-state index is 2.22. The summed E-state index contributed by atoms with van der Waals surface area (Å²) in [4.78, 5) is 1.44. The van der Waals surface area contributed by atoms with Crippen molar-refractivity contribution in [3.8, 4) is 0 Å². The largest absolute Gasteiger partial charge is 0.126 e. The van der Waals surface area contributed by atoms with Crippen LogP contribution in [0, 0.1) is 17.8 Å². The fourth-order valence-corrected chi connectivity index (χ4v) is 3.76. The summed E-state index contributed by atoms with van der Waals surface area (Å²) in [6.45, 7) is 0. The zero-order valence-corrected chi connectivity index (χ0v) is 9.17. The molecule has 0 radical (unpaired) electrons. The van der Waals surface area contributed by atoms with Crippen LogP contribution < -0.4 is 0 Å². The molecule has 0 nitrogen and oxygen atoms in total. The number of hydrogen-bond donors (Lipinski definition) is 0. The summed E-state index contributed by atoms with van der Waals surface area (Å²) in [6.07, 6.45) is 4.58. The molecule has 2 fully saturated rings. The summed E-state index contributed by atoms with van der Waals surface area (Å²) in [7, 11) is 0. The molecule has 0 aromatic heterocycles. The van der Waals surface area contributed by atoms with Gasteiger partial charge in [0.1, 0.15) is 0 Å². The Hall–Kier alpha value is -0.430. The van der Waals surface area contributed by atoms with Crippen LogP contribution in [0.15, 0.2) is 35.2 Å². The Morgan fingerprint density at radius 1 is 1.00 bits per heavy atom. The molecule has 0 saturated heterocycles. The fourth-order valence-electron chi connectivity index (χ4n) is 2.71. The molecule has 3 rings (SSSR count). The highest BCUT2D eigenvalue weighted by Gasteiger charge is 2.45. The minimum atomic E-state index is 1.02. The van der Waals surface area contributed by atoms with Crippen molar-refractivity contribution >= 4 is 11.8 Å². The van der Waals surface area contributed by atoms with E-state index in [2.05, 4.69) is 30.3 Å². The van der Waals surface area contributed by atoms with Gasteiger partial charge in [-0.2, -0.15) is 0 Å². The SMILES string of the molecule is c1ccc(SCC2CC3CC3C2)cc1. The number of hydrogen-bond acceptors (Lipinski definition) is 1. The lowest BCUT2D eigenvalue weighted by atomic mass is 10.1. The molecule has 2 aliphatic carbocycles. The normalized spacial score (nSPS) is 34.1. The predicted molar refractivity (Wildman–Crippen MR) is 61.5 cm³/mol. The number of thioether (sulfide) groups is 1. The Bertz CT molecular complexity index is 296. The lowest BCUT2D eigenvalue weighted by Gasteiger charge is -2.10. The molecule has 0 spiro atoms. The second-order valence-corrected chi connectivity index (χ2v) is 5.81. The maximum atomic E-state index is 2.22. The van der Waals surface area contributed by atoms with Crippen LogP contribution in [0.25, 0.3) is 0 Å². The molecule has 0 amide bonds. The molecule has 0 N–H and O–H groups in total. The summed E-state index contributed by atoms with van der Waals surface area (Å²) >= 11 is 2.04. The van der Waals surface area contributed by atoms with Gasteiger partial charge in [0.2, 0.25) is 0 Å². The highest BCUT2D eigenvalue weighted by Crippen LogP contribution is 2.55. The average molecular weight is 204 g/mol. The van der Waals surface area contributed by atoms with Crippen LogP contribution in [0.3, 0.4) is 0 Å². The monoisotopic (exact) mass is 204 g/mol. The van der Waals surface area contributed by atoms with Crippen LogP contribution >= 0.6 is 11.8 Å². The van der Waals surface area contributed by atoms with Gasteiger partial charge in [0.15, 0.2) is 0 Å². The maximum Gasteiger partial charge on any atom is 0.00720 e. The molecule has 2 unspecified atom stereocenters. The summed E-state index contributed by atoms with van der Waals surface area (Å²) in [5.41, 5.74) is 0. The van der Waals surface area contributed by atoms with E-state index in [9.17, 15) is 0 Å². The van der Waals surface area contributed by atoms with Crippen LogP contribution in [0.4, 0.5) is 0 Å². The minimum absolute atomic E-state index is 1.02. The zero-order valence-electron chi connectivity index (χ0n) is 8.36. The fraction of sp³-hybridized carbons (Fsp3) is 0.538. The van der Waals surface area contributed by atoms with Gasteiger partial charge in [-0.15, -0.1) is 11.8 Å². The second-order valence-electron chi connectivity index (χ2n) is 4.72. The molecule has 0 bridgehead atoms. The van der Waals surface area contributed by atoms with E-state index in [0.29, 0.717) is 0 Å². The predicted octanol–water partition coefficient (Wildman–Crippen LogP) is 3.82. The highest BCUT2D eigenvalue weighted by atomic mass is 32.2. The van der Waals surface area contributed by atoms with E-state index in [1.54, 1.807) is 6.42 Å². The highest BCUT2D eigenvalue weighted by molar-refractivity contribution is 7.99. The van der Waals surface area contributed by atoms with Gasteiger partial charge in [0.25, 0.3) is 0 Å². The second kappa shape index (κ2) is 3.62. The summed E-state index contributed by atoms with van der Waals surface area (Å²) < 4.78 is 0. The summed E-state index contributed by atoms with van der Waals surface area (Å²) in [5.74, 6) is 4.63. The van der Waals surface area contributed by atoms with Crippen molar-refractivity contribution in [2.45, 2.75) is 24.2 Å². The smallest absolute Gasteiger partial charge is 0.00720 e. The van der Waals surface area contributed by atoms with Crippen LogP contribution in [0.5, 0.6) is 0 Å². The number of rotatable bonds is 3. The molecule has 0 aliphatic heterocycles. The molecule has 74 valence electrons. The van der Waals surface area contributed by atoms with Gasteiger partial charge in [-0.1, -0.05) is 18.2 Å². The van der Waals surface area contributed by atoms with E-state index < -0.39 is 0 Å². The summed E-state index contributed by atoms with van der Waals surface area (Å²) in [6, 6.07) is 10.8. The van der Waals surface area contributed by atoms with Crippen LogP contribution in [-0.4, -0.2) is 5.75 Å². The number of fused-ring (bicyclic) bond motifs is 1. The minimum Gasteiger partial charge on any atom is -0.126 e. The van der Waals surface area contributed by atoms with Crippen molar-refractivity contribution in [3.63, 3.8) is 0 Å². The molecule has 2 saturated carbocycles. The first-order valence-corrected chi connectivity index (χ1v) is 6.58. The Balaban J connectivity index is 1.50. The van der Waals surface area contributed by atoms with Crippen molar-refractivity contribution in [2.75, 3.05) is 5.75 Å². The van der Waals surface area contributed by atoms with E-state index in [4.69, 9.17) is 0 Å². The van der Waals surface area contributed by atoms with Crippen molar-refractivity contribution in [2.24, 2.45) is 17.8 Å². The molecule has 14 heavy (non-hydrogen) atoms. The average Bonchev–Trinajstić information content (AvgIpc) is 2.85. The molecule has 2 aliphatic rings. The van der Waals surface area contributed by atoms with Gasteiger partial charge < -0.3 is 0 Å². The quantitative estimate of drug-likeness (QED) is 0.674. The molecule has 2 atom stereocenters. The van der Waals surface area contributed by atoms with Gasteiger partial charge in [-0.25, -0.2) is 0 Å². The van der Waals surface area contributed by atoms with Gasteiger partial charge >= 0.3 is 0 Å². The molecule has 1 aromatic carbocycles. The van der Waals surface area contributed by atoms with Crippen LogP contribution in [0.2, 0.25) is 0 Å². The van der Waals surface area contributed by atoms with Crippen molar-refractivity contribution in [1.29, 1.82) is 0 Å². The topological polar surface area (TPSA) is 0 Å². The first-order chi connectivity index (χ1) is 6.92. The number of benzene rings is 1. The molecule has 1 heteroatoms. The lowest BCUT2D eigenvalue weighted by Crippen LogP contribution is -1.99. The van der Waals surface area contributed by atoms with Crippen LogP contribution in [-0.2, 0) is 0 Å². The van der Waals surface area contributed by atoms with E-state index in [0.717, 1.165) is 17.8 Å². The molecular weight excluding hydrogens is 188 g/mol. The first-order valence-electron chi connectivity index (χ1n) is 5.59. The Morgan fingerprint density at radius 2 is 1.71 bits per heavy atom. The summed E-state index contributed by atoms with van der Waals surface area (Å²) in [5, 5.41) is 0. The Labute approximate surface area is 90.1 Å². The van der Waals surface area contributed by atoms with Crippen molar-refractivity contribution < 1.29 is 0 Å². The standard InChI is InChI=1S/C13H16S/c1-2-4-13(5-3-1)14-9-10-6-11-8-12(11)7-10/h1-5,10-12H,6-9H2. The van der Waals surface area contributed by atoms with Gasteiger partial charge in [-0.05, 0) is 49.1 Å². The molecule has 0 heterocycles. The van der Waals surface area contributed by atoms with E-state index in [1.165, 1.54) is 23.5 Å². The van der Waals surface area contributed by atoms with E-state index in [1.807, 2.05) is 11.8 Å². The van der Waals surface area contributed by atoms with Crippen molar-refractivity contribution in [1.82, 2.24) is 0 Å². The van der Waals surface area contributed by atoms with Crippen molar-refractivity contribution in [3.05, 3.63) is 30.3 Å². The lowest BCUT2D eigenvalue weighted by molar-refractivity contribution is 0.544. The molecular formula is C13H16S. The Morgan fingerprint density at radius 3 is 2.43 bits per heavy atom. The zero-order chi connectivity index (χ0) is 9.38. The van der Waals surface area contributed by atoms with Gasteiger partial charge in [0, 0.05) is 10.6 Å². The van der Waals surface area contributed by atoms with E-state index >= 15 is 0 Å². The third-order valence-corrected chi connectivity index (χ3v) is 4.81.